The predicted molar refractivity (Wildman–Crippen MR) is 369 cm³/mol. The van der Waals surface area contributed by atoms with E-state index in [4.69, 9.17) is 75.8 Å². The van der Waals surface area contributed by atoms with Crippen molar-refractivity contribution in [3.63, 3.8) is 0 Å². The maximum atomic E-state index is 12.3. The fraction of sp³-hybridized carbons (Fsp3) is 0.754. The number of hydrogen-bond acceptors (Lipinski definition) is 38. The summed E-state index contributed by atoms with van der Waals surface area (Å²) in [6.07, 6.45) is -66.4. The Labute approximate surface area is 649 Å². The minimum atomic E-state index is -2.26. The fourth-order valence-corrected chi connectivity index (χ4v) is 17.7. The molecule has 0 amide bonds. The summed E-state index contributed by atoms with van der Waals surface area (Å²) in [5.41, 5.74) is -0.864. The van der Waals surface area contributed by atoms with Crippen LogP contribution in [0.25, 0.3) is 0 Å². The first-order valence-corrected chi connectivity index (χ1v) is 37.2. The number of benzene rings is 2. The molecule has 21 aliphatic heterocycles. The van der Waals surface area contributed by atoms with Crippen LogP contribution < -0.4 is 9.47 Å². The Morgan fingerprint density at radius 1 is 0.448 bits per heavy atom. The molecule has 21 saturated heterocycles. The number of hydrogen-bond donors (Lipinski definition) is 20. The number of aliphatic hydroxyl groups excluding tert-OH is 19. The van der Waals surface area contributed by atoms with Crippen LogP contribution in [-0.2, 0) is 89.7 Å². The van der Waals surface area contributed by atoms with Crippen molar-refractivity contribution in [1.82, 2.24) is 15.0 Å². The lowest BCUT2D eigenvalue weighted by atomic mass is 9.85. The van der Waals surface area contributed by atoms with Gasteiger partial charge >= 0.3 is 5.97 Å². The molecule has 3 aromatic rings. The van der Waals surface area contributed by atoms with E-state index in [-0.39, 0.29) is 18.7 Å². The van der Waals surface area contributed by atoms with Crippen molar-refractivity contribution in [3.8, 4) is 17.2 Å². The summed E-state index contributed by atoms with van der Waals surface area (Å²) in [4.78, 5) is 11.4. The standard InChI is InChI=1S/C61H83I4N3O37/c1-61(2,68-9-18(66-67-68)16-90-45-22(64)6-19(7-23(45)65)91-46-20(62)3-17(4-21(46)63)5-31(76)77)54-53-38(83)44(89)60(105-54)99-47-24(75)8-32(92-25(47)10-69)98-48-26(11-70)93-55(39(84)33(48)78)100-49-27(12-71)94-56(40(85)34(49)79)101-50-28(13-72)95-57(41(86)35(50)80)102-51-29(14-73)96-58(42(87)36(51)81)103-52-30(15-74)97-59(104-53)43(88)37(52)82/h3-4,6-7,9,24-30,32-44,47-60,69-75,78-89H,5,8,10-16H2,1-2H3,(H,76,77)/t24-,25?,26?,27?,28?,29?,30?,32-,33-,34-,35-,36-,37-,38-,39?,40?,41?,42?,43?,44?,47+,48-,49-,50-,51-,52-,53+,54?,55+,56+,57-,58-,59+,60-/m1/s1. The topological polar surface area (TPSA) is 600 Å². The van der Waals surface area contributed by atoms with Crippen molar-refractivity contribution < 1.29 is 183 Å². The van der Waals surface area contributed by atoms with Crippen molar-refractivity contribution in [2.24, 2.45) is 0 Å². The highest BCUT2D eigenvalue weighted by Gasteiger charge is 2.60. The van der Waals surface area contributed by atoms with Gasteiger partial charge in [0.1, 0.15) is 183 Å². The Balaban J connectivity index is 0.879. The molecule has 44 heteroatoms. The zero-order valence-electron chi connectivity index (χ0n) is 55.1. The number of halogens is 4. The molecule has 0 spiro atoms. The lowest BCUT2D eigenvalue weighted by Crippen LogP contribution is -2.69. The predicted octanol–water partition coefficient (Wildman–Crippen LogP) is -7.75. The Hall–Kier alpha value is -1.75. The molecule has 21 fully saturated rings. The van der Waals surface area contributed by atoms with Crippen LogP contribution in [0.2, 0.25) is 0 Å². The molecule has 592 valence electrons. The number of carboxylic acids is 1. The number of aliphatic carboxylic acids is 1. The third kappa shape index (κ3) is 17.8. The number of aromatic nitrogens is 3. The maximum absolute atomic E-state index is 12.3. The SMILES string of the molecule is CC(C)(C1O[C@H]2O[C@@H]3C(CO)O[C@@H](C[C@H]3O)O[C@@H]3C(CO)O[C@@H](O[C@@H]4C(CO)O[C@@H](O[C@@H]5C(CO)O[C@H](O[C@@H]6C(CO)O[C@H](O[C@@H]7C(CO)O[C@@H](O[C@H]1[C@H](O)C2O)C(O)[C@H]7O)C(O)[C@H]6O)C(O)[C@H]5O)C(O)[C@H]4O)C(O)[C@H]3O)n1cc(COc2c(I)cc(Oc3c(I)cc(CC(=O)O)cc3I)cc2I)nn1. The molecule has 0 saturated carbocycles. The van der Waals surface area contributed by atoms with Gasteiger partial charge in [0.05, 0.1) is 78.2 Å². The van der Waals surface area contributed by atoms with Crippen LogP contribution in [-0.4, -0.2) is 372 Å². The first-order valence-electron chi connectivity index (χ1n) is 32.9. The summed E-state index contributed by atoms with van der Waals surface area (Å²) in [5, 5.41) is 234. The van der Waals surface area contributed by atoms with Gasteiger partial charge in [-0.2, -0.15) is 0 Å². The average molecular weight is 1960 g/mol. The Morgan fingerprint density at radius 2 is 0.781 bits per heavy atom. The Bertz CT molecular complexity index is 3330. The molecule has 105 heavy (non-hydrogen) atoms. The second kappa shape index (κ2) is 35.7. The van der Waals surface area contributed by atoms with Gasteiger partial charge in [0.15, 0.2) is 49.8 Å². The summed E-state index contributed by atoms with van der Waals surface area (Å²) in [5.74, 6) is 0.391. The second-order valence-electron chi connectivity index (χ2n) is 26.6. The molecule has 20 N–H and O–H groups in total. The van der Waals surface area contributed by atoms with Crippen LogP contribution in [0.1, 0.15) is 31.5 Å². The fourth-order valence-electron chi connectivity index (χ4n) is 13.5. The van der Waals surface area contributed by atoms with Crippen LogP contribution in [0, 0.1) is 14.3 Å². The van der Waals surface area contributed by atoms with Gasteiger partial charge in [-0.05, 0) is 134 Å². The molecule has 22 heterocycles. The van der Waals surface area contributed by atoms with E-state index in [0.717, 1.165) is 0 Å². The third-order valence-corrected chi connectivity index (χ3v) is 22.4. The van der Waals surface area contributed by atoms with Crippen molar-refractivity contribution in [2.75, 3.05) is 39.6 Å². The third-order valence-electron chi connectivity index (χ3n) is 19.2. The van der Waals surface area contributed by atoms with Crippen LogP contribution in [0.5, 0.6) is 17.2 Å². The smallest absolute Gasteiger partial charge is 0.307 e. The highest BCUT2D eigenvalue weighted by molar-refractivity contribution is 14.1. The summed E-state index contributed by atoms with van der Waals surface area (Å²) in [6.45, 7) is -3.38. The average Bonchev–Trinajstić information content (AvgIpc) is 1.65. The lowest BCUT2D eigenvalue weighted by Gasteiger charge is -2.51. The van der Waals surface area contributed by atoms with E-state index in [0.29, 0.717) is 37.1 Å². The van der Waals surface area contributed by atoms with Gasteiger partial charge in [0.2, 0.25) is 0 Å². The largest absolute Gasteiger partial charge is 0.485 e. The molecule has 13 unspecified atom stereocenters. The van der Waals surface area contributed by atoms with E-state index in [9.17, 15) is 107 Å². The molecule has 2 aromatic carbocycles. The summed E-state index contributed by atoms with van der Waals surface area (Å²) < 4.78 is 99.9. The normalized spacial score (nSPS) is 43.1. The zero-order chi connectivity index (χ0) is 76.1. The van der Waals surface area contributed by atoms with Gasteiger partial charge < -0.3 is 178 Å². The minimum Gasteiger partial charge on any atom is -0.485 e. The summed E-state index contributed by atoms with van der Waals surface area (Å²) >= 11 is 8.27. The van der Waals surface area contributed by atoms with Gasteiger partial charge in [-0.3, -0.25) is 4.79 Å². The van der Waals surface area contributed by atoms with E-state index in [1.807, 2.05) is 0 Å². The molecule has 1 aromatic heterocycles. The molecule has 21 aliphatic rings. The van der Waals surface area contributed by atoms with E-state index in [1.54, 1.807) is 24.3 Å². The van der Waals surface area contributed by atoms with Crippen molar-refractivity contribution >= 4 is 96.3 Å². The molecule has 0 aliphatic carbocycles. The van der Waals surface area contributed by atoms with E-state index in [1.165, 1.54) is 24.7 Å². The Morgan fingerprint density at radius 3 is 1.16 bits per heavy atom. The van der Waals surface area contributed by atoms with Crippen molar-refractivity contribution in [2.45, 2.75) is 248 Å². The first-order chi connectivity index (χ1) is 49.8. The van der Waals surface area contributed by atoms with Crippen molar-refractivity contribution in [1.29, 1.82) is 0 Å². The summed E-state index contributed by atoms with van der Waals surface area (Å²) in [7, 11) is 0. The van der Waals surface area contributed by atoms with E-state index < -0.39 is 266 Å². The first kappa shape index (κ1) is 84.2. The zero-order valence-corrected chi connectivity index (χ0v) is 63.7. The molecular weight excluding hydrogens is 1870 g/mol. The van der Waals surface area contributed by atoms with Gasteiger partial charge in [-0.1, -0.05) is 5.21 Å². The van der Waals surface area contributed by atoms with Crippen LogP contribution in [0.15, 0.2) is 30.5 Å². The van der Waals surface area contributed by atoms with Gasteiger partial charge in [0.25, 0.3) is 0 Å². The molecule has 0 radical (unpaired) electrons. The second-order valence-corrected chi connectivity index (χ2v) is 31.3. The van der Waals surface area contributed by atoms with Gasteiger partial charge in [-0.15, -0.1) is 5.10 Å². The molecule has 40 nitrogen and oxygen atoms in total. The number of nitrogens with zero attached hydrogens (tertiary/aromatic N) is 3. The van der Waals surface area contributed by atoms with Crippen LogP contribution in [0.4, 0.5) is 0 Å². The highest BCUT2D eigenvalue weighted by atomic mass is 127. The number of rotatable bonds is 15. The lowest BCUT2D eigenvalue weighted by molar-refractivity contribution is -0.397. The molecular formula is C61H83I4N3O37. The van der Waals surface area contributed by atoms with Crippen LogP contribution >= 0.6 is 90.4 Å². The van der Waals surface area contributed by atoms with Crippen LogP contribution in [0.3, 0.4) is 0 Å². The maximum Gasteiger partial charge on any atom is 0.307 e. The number of aliphatic hydroxyl groups is 19. The number of carboxylic acid groups (broad SMARTS) is 1. The molecule has 24 rings (SSSR count). The summed E-state index contributed by atoms with van der Waals surface area (Å²) in [6, 6.07) is 6.89. The number of carbonyl (C=O) groups is 1. The van der Waals surface area contributed by atoms with E-state index >= 15 is 0 Å². The van der Waals surface area contributed by atoms with Gasteiger partial charge in [-0.25, -0.2) is 4.68 Å². The highest BCUT2D eigenvalue weighted by Crippen LogP contribution is 2.43. The molecule has 14 bridgehead atoms. The van der Waals surface area contributed by atoms with Crippen molar-refractivity contribution in [3.05, 3.63) is 56.0 Å². The van der Waals surface area contributed by atoms with Gasteiger partial charge in [0, 0.05) is 6.42 Å². The Kier molecular flexibility index (Phi) is 28.7. The monoisotopic (exact) mass is 1960 g/mol. The quantitative estimate of drug-likeness (QED) is 0.0629. The molecule has 34 atom stereocenters. The number of ether oxygens (including phenoxy) is 16. The van der Waals surface area contributed by atoms with E-state index in [2.05, 4.69) is 101 Å². The minimum absolute atomic E-state index is 0.174.